The normalized spacial score (nSPS) is 25.3. The molecule has 0 aromatic heterocycles. The highest BCUT2D eigenvalue weighted by atomic mass is 16.6. The monoisotopic (exact) mass is 289 g/mol. The van der Waals surface area contributed by atoms with Crippen LogP contribution in [0.5, 0.6) is 5.75 Å². The van der Waals surface area contributed by atoms with Crippen molar-refractivity contribution in [3.05, 3.63) is 29.8 Å². The standard InChI is InChI=1S/C18H27NO2/c1-14(19-2)15-6-5-7-16(12-15)20-13-17-8-11-18(21-17)9-3-4-10-18/h5-7,12,14,17,19H,3-4,8-11,13H2,1-2H3. The molecule has 3 nitrogen and oxygen atoms in total. The fourth-order valence-electron chi connectivity index (χ4n) is 3.63. The lowest BCUT2D eigenvalue weighted by Crippen LogP contribution is -2.27. The summed E-state index contributed by atoms with van der Waals surface area (Å²) >= 11 is 0. The third-order valence-electron chi connectivity index (χ3n) is 5.08. The number of ether oxygens (including phenoxy) is 2. The minimum absolute atomic E-state index is 0.205. The van der Waals surface area contributed by atoms with Gasteiger partial charge in [0.1, 0.15) is 12.4 Å². The van der Waals surface area contributed by atoms with Crippen molar-refractivity contribution in [2.24, 2.45) is 0 Å². The topological polar surface area (TPSA) is 30.5 Å². The Morgan fingerprint density at radius 2 is 2.14 bits per heavy atom. The van der Waals surface area contributed by atoms with E-state index in [2.05, 4.69) is 30.4 Å². The van der Waals surface area contributed by atoms with Gasteiger partial charge < -0.3 is 14.8 Å². The first kappa shape index (κ1) is 14.9. The molecule has 1 saturated heterocycles. The van der Waals surface area contributed by atoms with Gasteiger partial charge in [0.05, 0.1) is 11.7 Å². The summed E-state index contributed by atoms with van der Waals surface area (Å²) in [6.45, 7) is 2.84. The molecule has 116 valence electrons. The summed E-state index contributed by atoms with van der Waals surface area (Å²) in [5.41, 5.74) is 1.46. The second-order valence-corrected chi connectivity index (χ2v) is 6.56. The molecular weight excluding hydrogens is 262 g/mol. The molecule has 2 unspecified atom stereocenters. The van der Waals surface area contributed by atoms with Gasteiger partial charge in [0.25, 0.3) is 0 Å². The highest BCUT2D eigenvalue weighted by molar-refractivity contribution is 5.30. The molecule has 0 amide bonds. The molecule has 0 radical (unpaired) electrons. The number of rotatable bonds is 5. The van der Waals surface area contributed by atoms with E-state index in [9.17, 15) is 0 Å². The second-order valence-electron chi connectivity index (χ2n) is 6.56. The van der Waals surface area contributed by atoms with Gasteiger partial charge in [0.2, 0.25) is 0 Å². The minimum Gasteiger partial charge on any atom is -0.491 e. The zero-order valence-corrected chi connectivity index (χ0v) is 13.2. The number of hydrogen-bond donors (Lipinski definition) is 1. The first-order valence-corrected chi connectivity index (χ1v) is 8.29. The Balaban J connectivity index is 1.53. The molecule has 0 bridgehead atoms. The van der Waals surface area contributed by atoms with Gasteiger partial charge in [-0.25, -0.2) is 0 Å². The van der Waals surface area contributed by atoms with Gasteiger partial charge in [-0.3, -0.25) is 0 Å². The van der Waals surface area contributed by atoms with Crippen LogP contribution in [0.2, 0.25) is 0 Å². The van der Waals surface area contributed by atoms with E-state index in [1.807, 2.05) is 13.1 Å². The van der Waals surface area contributed by atoms with Gasteiger partial charge in [-0.05, 0) is 57.4 Å². The van der Waals surface area contributed by atoms with Crippen LogP contribution in [-0.4, -0.2) is 25.4 Å². The molecule has 2 fully saturated rings. The molecule has 1 aliphatic carbocycles. The predicted octanol–water partition coefficient (Wildman–Crippen LogP) is 3.84. The van der Waals surface area contributed by atoms with Crippen molar-refractivity contribution in [3.8, 4) is 5.75 Å². The van der Waals surface area contributed by atoms with Gasteiger partial charge in [-0.15, -0.1) is 0 Å². The fourth-order valence-corrected chi connectivity index (χ4v) is 3.63. The summed E-state index contributed by atoms with van der Waals surface area (Å²) in [5, 5.41) is 3.26. The molecule has 1 heterocycles. The summed E-state index contributed by atoms with van der Waals surface area (Å²) in [5.74, 6) is 0.950. The van der Waals surface area contributed by atoms with E-state index in [0.717, 1.165) is 12.2 Å². The van der Waals surface area contributed by atoms with E-state index in [1.54, 1.807) is 0 Å². The lowest BCUT2D eigenvalue weighted by Gasteiger charge is -2.23. The molecule has 1 saturated carbocycles. The van der Waals surface area contributed by atoms with Crippen molar-refractivity contribution in [1.82, 2.24) is 5.32 Å². The number of nitrogens with one attached hydrogen (secondary N) is 1. The molecule has 1 aliphatic heterocycles. The highest BCUT2D eigenvalue weighted by Crippen LogP contribution is 2.43. The summed E-state index contributed by atoms with van der Waals surface area (Å²) < 4.78 is 12.3. The lowest BCUT2D eigenvalue weighted by molar-refractivity contribution is -0.0508. The third kappa shape index (κ3) is 3.41. The Morgan fingerprint density at radius 1 is 1.33 bits per heavy atom. The van der Waals surface area contributed by atoms with E-state index in [4.69, 9.17) is 9.47 Å². The number of hydrogen-bond acceptors (Lipinski definition) is 3. The van der Waals surface area contributed by atoms with Crippen LogP contribution in [-0.2, 0) is 4.74 Å². The minimum atomic E-state index is 0.205. The first-order chi connectivity index (χ1) is 10.2. The smallest absolute Gasteiger partial charge is 0.119 e. The van der Waals surface area contributed by atoms with Gasteiger partial charge in [0, 0.05) is 6.04 Å². The molecule has 21 heavy (non-hydrogen) atoms. The van der Waals surface area contributed by atoms with E-state index < -0.39 is 0 Å². The maximum atomic E-state index is 6.29. The van der Waals surface area contributed by atoms with Gasteiger partial charge in [0.15, 0.2) is 0 Å². The van der Waals surface area contributed by atoms with Crippen LogP contribution in [0.3, 0.4) is 0 Å². The second kappa shape index (κ2) is 6.37. The van der Waals surface area contributed by atoms with Crippen molar-refractivity contribution >= 4 is 0 Å². The molecule has 2 atom stereocenters. The van der Waals surface area contributed by atoms with Crippen molar-refractivity contribution in [3.63, 3.8) is 0 Å². The maximum absolute atomic E-state index is 6.29. The molecule has 1 N–H and O–H groups in total. The Bertz CT molecular complexity index is 468. The largest absolute Gasteiger partial charge is 0.491 e. The Kier molecular flexibility index (Phi) is 4.51. The van der Waals surface area contributed by atoms with E-state index in [0.29, 0.717) is 12.6 Å². The fraction of sp³-hybridized carbons (Fsp3) is 0.667. The van der Waals surface area contributed by atoms with Gasteiger partial charge in [-0.1, -0.05) is 25.0 Å². The molecule has 1 aromatic rings. The van der Waals surface area contributed by atoms with Crippen LogP contribution in [0.4, 0.5) is 0 Å². The zero-order chi connectivity index (χ0) is 14.7. The van der Waals surface area contributed by atoms with E-state index in [-0.39, 0.29) is 11.7 Å². The zero-order valence-electron chi connectivity index (χ0n) is 13.2. The number of benzene rings is 1. The van der Waals surface area contributed by atoms with Crippen molar-refractivity contribution in [1.29, 1.82) is 0 Å². The average molecular weight is 289 g/mol. The first-order valence-electron chi connectivity index (χ1n) is 8.29. The maximum Gasteiger partial charge on any atom is 0.119 e. The molecule has 1 spiro atoms. The molecule has 1 aromatic carbocycles. The lowest BCUT2D eigenvalue weighted by atomic mass is 9.98. The van der Waals surface area contributed by atoms with Gasteiger partial charge in [-0.2, -0.15) is 0 Å². The van der Waals surface area contributed by atoms with Crippen LogP contribution in [0.15, 0.2) is 24.3 Å². The van der Waals surface area contributed by atoms with Crippen LogP contribution >= 0.6 is 0 Å². The molecule has 3 heteroatoms. The quantitative estimate of drug-likeness (QED) is 0.893. The predicted molar refractivity (Wildman–Crippen MR) is 84.7 cm³/mol. The van der Waals surface area contributed by atoms with Crippen LogP contribution < -0.4 is 10.1 Å². The summed E-state index contributed by atoms with van der Waals surface area (Å²) in [6, 6.07) is 8.70. The van der Waals surface area contributed by atoms with Crippen LogP contribution in [0.1, 0.15) is 57.1 Å². The highest BCUT2D eigenvalue weighted by Gasteiger charge is 2.42. The average Bonchev–Trinajstić information content (AvgIpc) is 3.15. The summed E-state index contributed by atoms with van der Waals surface area (Å²) in [7, 11) is 1.98. The van der Waals surface area contributed by atoms with E-state index >= 15 is 0 Å². The molecule has 2 aliphatic rings. The van der Waals surface area contributed by atoms with Crippen molar-refractivity contribution in [2.45, 2.75) is 63.2 Å². The summed E-state index contributed by atoms with van der Waals surface area (Å²) in [4.78, 5) is 0. The Hall–Kier alpha value is -1.06. The van der Waals surface area contributed by atoms with Crippen molar-refractivity contribution < 1.29 is 9.47 Å². The Labute approximate surface area is 128 Å². The third-order valence-corrected chi connectivity index (χ3v) is 5.08. The van der Waals surface area contributed by atoms with E-state index in [1.165, 1.54) is 37.7 Å². The molecular formula is C18H27NO2. The van der Waals surface area contributed by atoms with Crippen molar-refractivity contribution in [2.75, 3.05) is 13.7 Å². The molecule has 3 rings (SSSR count). The van der Waals surface area contributed by atoms with Crippen LogP contribution in [0, 0.1) is 0 Å². The van der Waals surface area contributed by atoms with Gasteiger partial charge >= 0.3 is 0 Å². The Morgan fingerprint density at radius 3 is 2.90 bits per heavy atom. The summed E-state index contributed by atoms with van der Waals surface area (Å²) in [6.07, 6.45) is 7.80. The van der Waals surface area contributed by atoms with Crippen LogP contribution in [0.25, 0.3) is 0 Å². The SMILES string of the molecule is CNC(C)c1cccc(OCC2CCC3(CCCC3)O2)c1.